The van der Waals surface area contributed by atoms with Crippen molar-refractivity contribution in [1.82, 2.24) is 24.5 Å². The smallest absolute Gasteiger partial charge is 0.258 e. The Morgan fingerprint density at radius 3 is 2.25 bits per heavy atom. The van der Waals surface area contributed by atoms with Crippen molar-refractivity contribution in [3.05, 3.63) is 108 Å². The Balaban J connectivity index is 1.60. The average Bonchev–Trinajstić information content (AvgIpc) is 3.39. The quantitative estimate of drug-likeness (QED) is 0.200. The molecule has 5 rings (SSSR count). The summed E-state index contributed by atoms with van der Waals surface area (Å²) in [6.45, 7) is 18.6. The zero-order valence-corrected chi connectivity index (χ0v) is 27.1. The molecule has 0 aliphatic heterocycles. The summed E-state index contributed by atoms with van der Waals surface area (Å²) in [6, 6.07) is 17.8. The molecule has 0 saturated carbocycles. The minimum atomic E-state index is -0.497. The molecule has 0 aliphatic rings. The van der Waals surface area contributed by atoms with Gasteiger partial charge in [0.05, 0.1) is 17.7 Å². The van der Waals surface area contributed by atoms with Crippen molar-refractivity contribution < 1.29 is 4.79 Å². The summed E-state index contributed by atoms with van der Waals surface area (Å²) >= 11 is 0. The van der Waals surface area contributed by atoms with E-state index < -0.39 is 11.1 Å². The fourth-order valence-corrected chi connectivity index (χ4v) is 5.41. The number of hydrogen-bond acceptors (Lipinski definition) is 6. The van der Waals surface area contributed by atoms with Crippen LogP contribution in [-0.2, 0) is 0 Å². The molecule has 8 heteroatoms. The van der Waals surface area contributed by atoms with Gasteiger partial charge < -0.3 is 14.4 Å². The second kappa shape index (κ2) is 11.7. The topological polar surface area (TPSA) is 80.0 Å². The lowest BCUT2D eigenvalue weighted by Gasteiger charge is -2.38. The molecule has 0 atom stereocenters. The van der Waals surface area contributed by atoms with Gasteiger partial charge in [-0.15, -0.1) is 0 Å². The third kappa shape index (κ3) is 6.39. The number of carbonyl (C=O) groups excluding carboxylic acids is 1. The number of benzene rings is 2. The van der Waals surface area contributed by atoms with E-state index in [-0.39, 0.29) is 5.91 Å². The van der Waals surface area contributed by atoms with Crippen LogP contribution in [0.4, 0.5) is 17.3 Å². The molecule has 0 fully saturated rings. The number of anilines is 3. The predicted octanol–water partition coefficient (Wildman–Crippen LogP) is 8.03. The summed E-state index contributed by atoms with van der Waals surface area (Å²) in [5.41, 5.74) is 7.05. The number of carbonyl (C=O) groups is 1. The van der Waals surface area contributed by atoms with Crippen LogP contribution in [0.15, 0.2) is 85.7 Å². The number of imidazole rings is 1. The fourth-order valence-electron chi connectivity index (χ4n) is 5.41. The number of rotatable bonds is 6. The third-order valence-corrected chi connectivity index (χ3v) is 7.36. The summed E-state index contributed by atoms with van der Waals surface area (Å²) < 4.78 is 1.99. The normalized spacial score (nSPS) is 11.8. The molecule has 0 bridgehead atoms. The Labute approximate surface area is 260 Å². The predicted molar refractivity (Wildman–Crippen MR) is 178 cm³/mol. The van der Waals surface area contributed by atoms with Gasteiger partial charge in [-0.3, -0.25) is 9.78 Å². The van der Waals surface area contributed by atoms with Gasteiger partial charge in [-0.25, -0.2) is 15.0 Å². The van der Waals surface area contributed by atoms with Gasteiger partial charge in [-0.2, -0.15) is 0 Å². The van der Waals surface area contributed by atoms with E-state index in [0.29, 0.717) is 11.5 Å². The number of aryl methyl sites for hydroxylation is 3. The highest BCUT2D eigenvalue weighted by Gasteiger charge is 2.32. The van der Waals surface area contributed by atoms with Crippen LogP contribution in [-0.4, -0.2) is 41.5 Å². The molecule has 0 radical (unpaired) electrons. The molecule has 226 valence electrons. The molecular weight excluding hydrogens is 546 g/mol. The minimum absolute atomic E-state index is 0.0870. The van der Waals surface area contributed by atoms with Gasteiger partial charge in [-0.1, -0.05) is 6.07 Å². The van der Waals surface area contributed by atoms with Crippen LogP contribution in [0.5, 0.6) is 0 Å². The van der Waals surface area contributed by atoms with Gasteiger partial charge in [0, 0.05) is 64.1 Å². The molecule has 0 N–H and O–H groups in total. The molecule has 0 aliphatic carbocycles. The molecule has 0 unspecified atom stereocenters. The first-order valence-electron chi connectivity index (χ1n) is 14.8. The second-order valence-electron chi connectivity index (χ2n) is 13.3. The standard InChI is InChI=1S/C36H41N7O/c1-24-17-29(41-22-26(3)39-23-41)20-30(18-24)42(35(4,5)6)33(44)27-13-12-25(2)32(19-27)43(36(7,8)9)34-38-16-14-31(40-34)28-11-10-15-37-21-28/h10-23H,1-9H3. The first-order chi connectivity index (χ1) is 20.7. The van der Waals surface area contributed by atoms with Gasteiger partial charge in [0.2, 0.25) is 5.95 Å². The van der Waals surface area contributed by atoms with Gasteiger partial charge in [-0.05, 0) is 122 Å². The second-order valence-corrected chi connectivity index (χ2v) is 13.3. The van der Waals surface area contributed by atoms with Crippen molar-refractivity contribution in [3.8, 4) is 16.9 Å². The van der Waals surface area contributed by atoms with Crippen LogP contribution < -0.4 is 9.80 Å². The van der Waals surface area contributed by atoms with E-state index in [9.17, 15) is 4.79 Å². The van der Waals surface area contributed by atoms with E-state index in [1.807, 2.05) is 72.0 Å². The van der Waals surface area contributed by atoms with Crippen molar-refractivity contribution in [2.24, 2.45) is 0 Å². The average molecular weight is 588 g/mol. The molecule has 44 heavy (non-hydrogen) atoms. The first kappa shape index (κ1) is 30.6. The maximum atomic E-state index is 14.5. The number of pyridine rings is 1. The largest absolute Gasteiger partial charge is 0.306 e. The maximum absolute atomic E-state index is 14.5. The zero-order valence-electron chi connectivity index (χ0n) is 27.1. The van der Waals surface area contributed by atoms with Crippen LogP contribution in [0.25, 0.3) is 16.9 Å². The molecule has 3 heterocycles. The van der Waals surface area contributed by atoms with Gasteiger partial charge in [0.15, 0.2) is 0 Å². The lowest BCUT2D eigenvalue weighted by atomic mass is 9.98. The molecular formula is C36H41N7O. The lowest BCUT2D eigenvalue weighted by molar-refractivity contribution is 0.0966. The molecule has 3 aromatic heterocycles. The van der Waals surface area contributed by atoms with Crippen LogP contribution >= 0.6 is 0 Å². The van der Waals surface area contributed by atoms with Crippen molar-refractivity contribution in [3.63, 3.8) is 0 Å². The maximum Gasteiger partial charge on any atom is 0.258 e. The van der Waals surface area contributed by atoms with Crippen LogP contribution in [0, 0.1) is 20.8 Å². The monoisotopic (exact) mass is 587 g/mol. The van der Waals surface area contributed by atoms with Crippen molar-refractivity contribution >= 4 is 23.2 Å². The zero-order chi connectivity index (χ0) is 31.8. The molecule has 2 aromatic carbocycles. The van der Waals surface area contributed by atoms with E-state index in [1.54, 1.807) is 24.9 Å². The summed E-state index contributed by atoms with van der Waals surface area (Å²) in [6.07, 6.45) is 9.10. The van der Waals surface area contributed by atoms with E-state index >= 15 is 0 Å². The summed E-state index contributed by atoms with van der Waals surface area (Å²) in [4.78, 5) is 36.8. The molecule has 0 saturated heterocycles. The highest BCUT2D eigenvalue weighted by Crippen LogP contribution is 2.36. The highest BCUT2D eigenvalue weighted by atomic mass is 16.2. The Morgan fingerprint density at radius 1 is 0.841 bits per heavy atom. The van der Waals surface area contributed by atoms with E-state index in [2.05, 4.69) is 80.5 Å². The SMILES string of the molecule is Cc1cc(N(C(=O)c2ccc(C)c(N(c3nccc(-c4cccnc4)n3)C(C)(C)C)c2)C(C)(C)C)cc(-n2cnc(C)c2)c1. The number of amides is 1. The lowest BCUT2D eigenvalue weighted by Crippen LogP contribution is -2.46. The number of hydrogen-bond donors (Lipinski definition) is 0. The van der Waals surface area contributed by atoms with Gasteiger partial charge in [0.1, 0.15) is 0 Å². The van der Waals surface area contributed by atoms with Crippen molar-refractivity contribution in [1.29, 1.82) is 0 Å². The summed E-state index contributed by atoms with van der Waals surface area (Å²) in [7, 11) is 0. The minimum Gasteiger partial charge on any atom is -0.306 e. The molecule has 8 nitrogen and oxygen atoms in total. The van der Waals surface area contributed by atoms with E-state index in [4.69, 9.17) is 4.98 Å². The summed E-state index contributed by atoms with van der Waals surface area (Å²) in [5.74, 6) is 0.467. The van der Waals surface area contributed by atoms with Crippen LogP contribution in [0.2, 0.25) is 0 Å². The number of nitrogens with zero attached hydrogens (tertiary/aromatic N) is 7. The van der Waals surface area contributed by atoms with Gasteiger partial charge in [0.25, 0.3) is 5.91 Å². The Hall–Kier alpha value is -4.85. The van der Waals surface area contributed by atoms with E-state index in [1.165, 1.54) is 0 Å². The molecule has 5 aromatic rings. The highest BCUT2D eigenvalue weighted by molar-refractivity contribution is 6.08. The summed E-state index contributed by atoms with van der Waals surface area (Å²) in [5, 5.41) is 0. The third-order valence-electron chi connectivity index (χ3n) is 7.36. The first-order valence-corrected chi connectivity index (χ1v) is 14.8. The Bertz CT molecular complexity index is 1800. The number of aromatic nitrogens is 5. The molecule has 0 spiro atoms. The van der Waals surface area contributed by atoms with Crippen molar-refractivity contribution in [2.75, 3.05) is 9.80 Å². The van der Waals surface area contributed by atoms with Crippen molar-refractivity contribution in [2.45, 2.75) is 73.4 Å². The van der Waals surface area contributed by atoms with Gasteiger partial charge >= 0.3 is 0 Å². The Morgan fingerprint density at radius 2 is 1.61 bits per heavy atom. The molecule has 1 amide bonds. The fraction of sp³-hybridized carbons (Fsp3) is 0.306. The van der Waals surface area contributed by atoms with E-state index in [0.717, 1.165) is 45.1 Å². The van der Waals surface area contributed by atoms with Crippen LogP contribution in [0.3, 0.4) is 0 Å². The Kier molecular flexibility index (Phi) is 8.12. The van der Waals surface area contributed by atoms with Crippen LogP contribution in [0.1, 0.15) is 68.7 Å².